The van der Waals surface area contributed by atoms with Gasteiger partial charge in [-0.2, -0.15) is 0 Å². The maximum absolute atomic E-state index is 13.3. The topological polar surface area (TPSA) is 84.7 Å². The number of nitro benzene ring substituents is 1. The zero-order valence-electron chi connectivity index (χ0n) is 20.0. The van der Waals surface area contributed by atoms with Crippen LogP contribution in [0.25, 0.3) is 0 Å². The number of rotatable bonds is 9. The molecule has 34 heavy (non-hydrogen) atoms. The van der Waals surface area contributed by atoms with Gasteiger partial charge in [-0.15, -0.1) is 0 Å². The van der Waals surface area contributed by atoms with E-state index in [9.17, 15) is 14.9 Å². The molecule has 0 radical (unpaired) electrons. The van der Waals surface area contributed by atoms with Crippen LogP contribution in [0.15, 0.2) is 48.5 Å². The lowest BCUT2D eigenvalue weighted by Crippen LogP contribution is -2.38. The molecule has 0 unspecified atom stereocenters. The second-order valence-corrected chi connectivity index (χ2v) is 9.82. The van der Waals surface area contributed by atoms with Gasteiger partial charge in [0.15, 0.2) is 0 Å². The molecule has 1 heterocycles. The number of piperidine rings is 1. The maximum Gasteiger partial charge on any atom is 0.269 e. The van der Waals surface area contributed by atoms with Crippen LogP contribution in [0.1, 0.15) is 57.4 Å². The fourth-order valence-electron chi connectivity index (χ4n) is 5.38. The lowest BCUT2D eigenvalue weighted by molar-refractivity contribution is -0.384. The largest absolute Gasteiger partial charge is 0.494 e. The Morgan fingerprint density at radius 1 is 1.12 bits per heavy atom. The van der Waals surface area contributed by atoms with Crippen molar-refractivity contribution in [3.63, 3.8) is 0 Å². The molecule has 2 aromatic rings. The number of ether oxygens (including phenoxy) is 1. The molecule has 182 valence electrons. The lowest BCUT2D eigenvalue weighted by atomic mass is 9.78. The molecule has 1 N–H and O–H groups in total. The summed E-state index contributed by atoms with van der Waals surface area (Å²) in [6.07, 6.45) is 7.05. The van der Waals surface area contributed by atoms with Crippen LogP contribution in [0, 0.1) is 16.0 Å². The third-order valence-corrected chi connectivity index (χ3v) is 7.26. The number of amides is 1. The first kappa shape index (κ1) is 24.2. The Kier molecular flexibility index (Phi) is 7.83. The van der Waals surface area contributed by atoms with E-state index >= 15 is 0 Å². The number of nitro groups is 1. The minimum Gasteiger partial charge on any atom is -0.494 e. The molecule has 7 nitrogen and oxygen atoms in total. The summed E-state index contributed by atoms with van der Waals surface area (Å²) in [5.74, 6) is 1.54. The number of non-ortho nitro benzene ring substituents is 1. The summed E-state index contributed by atoms with van der Waals surface area (Å²) in [4.78, 5) is 26.5. The number of carbonyl (C=O) groups excluding carboxylic acids is 1. The van der Waals surface area contributed by atoms with Crippen molar-refractivity contribution >= 4 is 17.3 Å². The van der Waals surface area contributed by atoms with E-state index in [4.69, 9.17) is 4.74 Å². The molecule has 2 aliphatic rings. The van der Waals surface area contributed by atoms with Gasteiger partial charge in [0, 0.05) is 30.9 Å². The van der Waals surface area contributed by atoms with Crippen molar-refractivity contribution in [2.24, 2.45) is 5.92 Å². The van der Waals surface area contributed by atoms with Crippen molar-refractivity contribution < 1.29 is 14.5 Å². The number of anilines is 1. The first-order chi connectivity index (χ1) is 16.5. The Bertz CT molecular complexity index is 968. The van der Waals surface area contributed by atoms with E-state index in [1.807, 2.05) is 24.3 Å². The van der Waals surface area contributed by atoms with Crippen LogP contribution in [0.4, 0.5) is 11.4 Å². The molecule has 1 amide bonds. The van der Waals surface area contributed by atoms with E-state index in [-0.39, 0.29) is 11.6 Å². The van der Waals surface area contributed by atoms with E-state index in [2.05, 4.69) is 17.1 Å². The fourth-order valence-corrected chi connectivity index (χ4v) is 5.38. The molecule has 0 aromatic heterocycles. The van der Waals surface area contributed by atoms with Crippen LogP contribution in [-0.4, -0.2) is 42.0 Å². The summed E-state index contributed by atoms with van der Waals surface area (Å²) < 4.78 is 5.91. The van der Waals surface area contributed by atoms with Crippen molar-refractivity contribution in [3.05, 3.63) is 64.2 Å². The number of benzene rings is 2. The van der Waals surface area contributed by atoms with E-state index < -0.39 is 10.3 Å². The van der Waals surface area contributed by atoms with Crippen LogP contribution in [-0.2, 0) is 10.2 Å². The highest BCUT2D eigenvalue weighted by Crippen LogP contribution is 2.42. The highest BCUT2D eigenvalue weighted by molar-refractivity contribution is 5.99. The van der Waals surface area contributed by atoms with Gasteiger partial charge in [-0.25, -0.2) is 0 Å². The Labute approximate surface area is 201 Å². The van der Waals surface area contributed by atoms with Crippen molar-refractivity contribution in [1.29, 1.82) is 0 Å². The minimum absolute atomic E-state index is 0.0402. The second kappa shape index (κ2) is 11.0. The van der Waals surface area contributed by atoms with E-state index in [0.29, 0.717) is 6.61 Å². The fraction of sp³-hybridized carbons (Fsp3) is 0.519. The molecule has 0 bridgehead atoms. The van der Waals surface area contributed by atoms with Crippen molar-refractivity contribution in [3.8, 4) is 5.75 Å². The smallest absolute Gasteiger partial charge is 0.269 e. The zero-order chi connectivity index (χ0) is 24.0. The number of likely N-dealkylation sites (tertiary alicyclic amines) is 1. The number of hydrogen-bond donors (Lipinski definition) is 1. The Morgan fingerprint density at radius 2 is 1.82 bits per heavy atom. The molecule has 4 rings (SSSR count). The number of nitrogens with one attached hydrogen (secondary N) is 1. The third-order valence-electron chi connectivity index (χ3n) is 7.26. The summed E-state index contributed by atoms with van der Waals surface area (Å²) in [7, 11) is 0. The molecule has 1 aliphatic heterocycles. The molecule has 7 heteroatoms. The predicted octanol–water partition coefficient (Wildman–Crippen LogP) is 5.55. The van der Waals surface area contributed by atoms with Gasteiger partial charge >= 0.3 is 0 Å². The first-order valence-electron chi connectivity index (χ1n) is 12.5. The summed E-state index contributed by atoms with van der Waals surface area (Å²) in [6, 6.07) is 14.0. The van der Waals surface area contributed by atoms with Crippen LogP contribution < -0.4 is 10.1 Å². The van der Waals surface area contributed by atoms with Gasteiger partial charge < -0.3 is 15.0 Å². The van der Waals surface area contributed by atoms with Crippen LogP contribution in [0.3, 0.4) is 0 Å². The molecular formula is C27H35N3O4. The van der Waals surface area contributed by atoms with E-state index in [1.54, 1.807) is 12.1 Å². The Morgan fingerprint density at radius 3 is 2.47 bits per heavy atom. The average Bonchev–Trinajstić information content (AvgIpc) is 3.34. The van der Waals surface area contributed by atoms with E-state index in [0.717, 1.165) is 61.6 Å². The minimum atomic E-state index is -0.643. The normalized spacial score (nSPS) is 20.1. The number of hydrogen-bond acceptors (Lipinski definition) is 5. The van der Waals surface area contributed by atoms with Gasteiger partial charge in [0.25, 0.3) is 5.69 Å². The summed E-state index contributed by atoms with van der Waals surface area (Å²) >= 11 is 0. The van der Waals surface area contributed by atoms with Gasteiger partial charge in [-0.3, -0.25) is 14.9 Å². The SMILES string of the molecule is C[C@@H]1CCCN(CCCOc2ccc(NC(=O)C3(c4ccc([N+](=O)[O-])cc4)CCCC3)cc2)C1. The second-order valence-electron chi connectivity index (χ2n) is 9.82. The number of carbonyl (C=O) groups is 1. The zero-order valence-corrected chi connectivity index (χ0v) is 20.0. The van der Waals surface area contributed by atoms with Gasteiger partial charge in [0.2, 0.25) is 5.91 Å². The summed E-state index contributed by atoms with van der Waals surface area (Å²) in [5, 5.41) is 14.1. The van der Waals surface area contributed by atoms with Crippen LogP contribution >= 0.6 is 0 Å². The van der Waals surface area contributed by atoms with Crippen molar-refractivity contribution in [2.75, 3.05) is 31.6 Å². The standard InChI is InChI=1S/C27H35N3O4/c1-21-6-4-17-29(20-21)18-5-19-34-25-13-9-23(10-14-25)28-26(31)27(15-2-3-16-27)22-7-11-24(12-8-22)30(32)33/h7-14,21H,2-6,15-20H2,1H3,(H,28,31)/t21-/m1/s1. The quantitative estimate of drug-likeness (QED) is 0.298. The molecule has 1 saturated heterocycles. The summed E-state index contributed by atoms with van der Waals surface area (Å²) in [5.41, 5.74) is 0.971. The van der Waals surface area contributed by atoms with Gasteiger partial charge in [0.1, 0.15) is 5.75 Å². The molecule has 1 aliphatic carbocycles. The average molecular weight is 466 g/mol. The molecule has 2 aromatic carbocycles. The number of nitrogens with zero attached hydrogens (tertiary/aromatic N) is 2. The van der Waals surface area contributed by atoms with Crippen LogP contribution in [0.5, 0.6) is 5.75 Å². The van der Waals surface area contributed by atoms with Gasteiger partial charge in [-0.1, -0.05) is 31.9 Å². The monoisotopic (exact) mass is 465 g/mol. The van der Waals surface area contributed by atoms with E-state index in [1.165, 1.54) is 38.1 Å². The van der Waals surface area contributed by atoms with Crippen molar-refractivity contribution in [2.45, 2.75) is 57.3 Å². The highest BCUT2D eigenvalue weighted by atomic mass is 16.6. The highest BCUT2D eigenvalue weighted by Gasteiger charge is 2.42. The molecule has 0 spiro atoms. The maximum atomic E-state index is 13.3. The summed E-state index contributed by atoms with van der Waals surface area (Å²) in [6.45, 7) is 6.46. The molecule has 1 saturated carbocycles. The third kappa shape index (κ3) is 5.76. The van der Waals surface area contributed by atoms with Crippen molar-refractivity contribution in [1.82, 2.24) is 4.90 Å². The van der Waals surface area contributed by atoms with Gasteiger partial charge in [0.05, 0.1) is 16.9 Å². The first-order valence-corrected chi connectivity index (χ1v) is 12.5. The molecular weight excluding hydrogens is 430 g/mol. The Hall–Kier alpha value is -2.93. The molecule has 2 fully saturated rings. The molecule has 1 atom stereocenters. The lowest BCUT2D eigenvalue weighted by Gasteiger charge is -2.30. The predicted molar refractivity (Wildman–Crippen MR) is 133 cm³/mol. The Balaban J connectivity index is 1.31. The van der Waals surface area contributed by atoms with Crippen LogP contribution in [0.2, 0.25) is 0 Å². The van der Waals surface area contributed by atoms with Gasteiger partial charge in [-0.05, 0) is 74.4 Å².